The molecule has 6 heteroatoms. The van der Waals surface area contributed by atoms with Crippen LogP contribution in [0.1, 0.15) is 56.7 Å². The van der Waals surface area contributed by atoms with Gasteiger partial charge in [0.05, 0.1) is 5.69 Å². The zero-order valence-corrected chi connectivity index (χ0v) is 15.6. The SMILES string of the molecule is O=C(C1CCCCC1)N1CCC(c2nc(-c3cccnc3)cc(=O)[nH]2)CC1. The van der Waals surface area contributed by atoms with Gasteiger partial charge in [-0.25, -0.2) is 4.98 Å². The molecule has 1 aliphatic heterocycles. The molecule has 2 aromatic rings. The fraction of sp³-hybridized carbons (Fsp3) is 0.524. The van der Waals surface area contributed by atoms with Gasteiger partial charge in [-0.2, -0.15) is 0 Å². The van der Waals surface area contributed by atoms with Gasteiger partial charge in [0.25, 0.3) is 5.56 Å². The van der Waals surface area contributed by atoms with Gasteiger partial charge in [-0.3, -0.25) is 14.6 Å². The second-order valence-corrected chi connectivity index (χ2v) is 7.69. The Bertz CT molecular complexity index is 835. The lowest BCUT2D eigenvalue weighted by Gasteiger charge is -2.35. The zero-order chi connectivity index (χ0) is 18.6. The van der Waals surface area contributed by atoms with E-state index in [0.29, 0.717) is 11.6 Å². The van der Waals surface area contributed by atoms with E-state index in [1.807, 2.05) is 17.0 Å². The van der Waals surface area contributed by atoms with Gasteiger partial charge in [0.1, 0.15) is 5.82 Å². The molecule has 27 heavy (non-hydrogen) atoms. The number of aromatic nitrogens is 3. The predicted molar refractivity (Wildman–Crippen MR) is 103 cm³/mol. The van der Waals surface area contributed by atoms with Gasteiger partial charge in [-0.1, -0.05) is 19.3 Å². The third-order valence-corrected chi connectivity index (χ3v) is 5.87. The minimum absolute atomic E-state index is 0.139. The van der Waals surface area contributed by atoms with Crippen LogP contribution in [0.15, 0.2) is 35.4 Å². The first-order chi connectivity index (χ1) is 13.2. The second-order valence-electron chi connectivity index (χ2n) is 7.69. The Hall–Kier alpha value is -2.50. The monoisotopic (exact) mass is 366 g/mol. The molecule has 0 spiro atoms. The summed E-state index contributed by atoms with van der Waals surface area (Å²) in [5.41, 5.74) is 1.36. The van der Waals surface area contributed by atoms with Crippen molar-refractivity contribution in [1.82, 2.24) is 19.9 Å². The average Bonchev–Trinajstić information content (AvgIpc) is 2.74. The molecular formula is C21H26N4O2. The number of H-pyrrole nitrogens is 1. The van der Waals surface area contributed by atoms with Gasteiger partial charge in [-0.15, -0.1) is 0 Å². The first-order valence-corrected chi connectivity index (χ1v) is 10.0. The van der Waals surface area contributed by atoms with Gasteiger partial charge < -0.3 is 9.88 Å². The van der Waals surface area contributed by atoms with Gasteiger partial charge in [0.2, 0.25) is 5.91 Å². The standard InChI is InChI=1S/C21H26N4O2/c26-19-13-18(17-7-4-10-22-14-17)23-20(24-19)15-8-11-25(12-9-15)21(27)16-5-2-1-3-6-16/h4,7,10,13-16H,1-3,5-6,8-9,11-12H2,(H,23,24,26). The summed E-state index contributed by atoms with van der Waals surface area (Å²) in [6.07, 6.45) is 10.8. The third-order valence-electron chi connectivity index (χ3n) is 5.87. The number of nitrogens with one attached hydrogen (secondary N) is 1. The highest BCUT2D eigenvalue weighted by Crippen LogP contribution is 2.30. The Labute approximate surface area is 159 Å². The highest BCUT2D eigenvalue weighted by atomic mass is 16.2. The molecule has 0 aromatic carbocycles. The Morgan fingerprint density at radius 3 is 2.59 bits per heavy atom. The van der Waals surface area contributed by atoms with E-state index in [-0.39, 0.29) is 17.4 Å². The van der Waals surface area contributed by atoms with Crippen molar-refractivity contribution in [2.45, 2.75) is 50.9 Å². The Balaban J connectivity index is 1.44. The first kappa shape index (κ1) is 17.9. The number of rotatable bonds is 3. The van der Waals surface area contributed by atoms with Crippen molar-refractivity contribution in [3.8, 4) is 11.3 Å². The molecule has 1 aliphatic carbocycles. The Kier molecular flexibility index (Phi) is 5.32. The lowest BCUT2D eigenvalue weighted by molar-refractivity contribution is -0.137. The molecule has 142 valence electrons. The second kappa shape index (κ2) is 8.03. The molecule has 0 radical (unpaired) electrons. The molecule has 1 saturated carbocycles. The molecule has 2 fully saturated rings. The summed E-state index contributed by atoms with van der Waals surface area (Å²) >= 11 is 0. The number of piperidine rings is 1. The molecule has 0 unspecified atom stereocenters. The van der Waals surface area contributed by atoms with Crippen LogP contribution >= 0.6 is 0 Å². The number of carbonyl (C=O) groups is 1. The summed E-state index contributed by atoms with van der Waals surface area (Å²) < 4.78 is 0. The van der Waals surface area contributed by atoms with Gasteiger partial charge in [-0.05, 0) is 37.8 Å². The fourth-order valence-corrected chi connectivity index (χ4v) is 4.31. The third kappa shape index (κ3) is 4.10. The van der Waals surface area contributed by atoms with Crippen LogP contribution in [-0.2, 0) is 4.79 Å². The maximum absolute atomic E-state index is 12.7. The maximum Gasteiger partial charge on any atom is 0.251 e. The van der Waals surface area contributed by atoms with Crippen molar-refractivity contribution in [3.05, 3.63) is 46.8 Å². The van der Waals surface area contributed by atoms with E-state index in [9.17, 15) is 9.59 Å². The molecule has 1 amide bonds. The fourth-order valence-electron chi connectivity index (χ4n) is 4.31. The van der Waals surface area contributed by atoms with Crippen molar-refractivity contribution in [1.29, 1.82) is 0 Å². The molecule has 0 atom stereocenters. The molecule has 6 nitrogen and oxygen atoms in total. The normalized spacial score (nSPS) is 19.2. The number of pyridine rings is 1. The number of nitrogens with zero attached hydrogens (tertiary/aromatic N) is 3. The van der Waals surface area contributed by atoms with Crippen molar-refractivity contribution >= 4 is 5.91 Å². The molecule has 4 rings (SSSR count). The number of likely N-dealkylation sites (tertiary alicyclic amines) is 1. The van der Waals surface area contributed by atoms with Crippen LogP contribution in [0.4, 0.5) is 0 Å². The smallest absolute Gasteiger partial charge is 0.251 e. The predicted octanol–water partition coefficient (Wildman–Crippen LogP) is 3.12. The number of aromatic amines is 1. The van der Waals surface area contributed by atoms with Crippen LogP contribution in [0, 0.1) is 5.92 Å². The van der Waals surface area contributed by atoms with Gasteiger partial charge in [0.15, 0.2) is 0 Å². The molecular weight excluding hydrogens is 340 g/mol. The summed E-state index contributed by atoms with van der Waals surface area (Å²) in [4.78, 5) is 38.6. The Morgan fingerprint density at radius 2 is 1.89 bits per heavy atom. The van der Waals surface area contributed by atoms with Gasteiger partial charge in [0, 0.05) is 48.9 Å². The molecule has 0 bridgehead atoms. The van der Waals surface area contributed by atoms with Crippen LogP contribution in [0.25, 0.3) is 11.3 Å². The number of carbonyl (C=O) groups excluding carboxylic acids is 1. The van der Waals surface area contributed by atoms with Gasteiger partial charge >= 0.3 is 0 Å². The lowest BCUT2D eigenvalue weighted by Crippen LogP contribution is -2.42. The summed E-state index contributed by atoms with van der Waals surface area (Å²) in [6, 6.07) is 5.26. The number of amides is 1. The minimum Gasteiger partial charge on any atom is -0.342 e. The van der Waals surface area contributed by atoms with E-state index in [4.69, 9.17) is 0 Å². The molecule has 3 heterocycles. The Morgan fingerprint density at radius 1 is 1.11 bits per heavy atom. The summed E-state index contributed by atoms with van der Waals surface area (Å²) in [5.74, 6) is 1.47. The summed E-state index contributed by atoms with van der Waals surface area (Å²) in [6.45, 7) is 1.50. The quantitative estimate of drug-likeness (QED) is 0.905. The van der Waals surface area contributed by atoms with Crippen LogP contribution < -0.4 is 5.56 Å². The van der Waals surface area contributed by atoms with Crippen molar-refractivity contribution in [2.24, 2.45) is 5.92 Å². The van der Waals surface area contributed by atoms with E-state index in [1.54, 1.807) is 12.4 Å². The molecule has 2 aromatic heterocycles. The number of hydrogen-bond donors (Lipinski definition) is 1. The van der Waals surface area contributed by atoms with Crippen LogP contribution in [-0.4, -0.2) is 38.8 Å². The molecule has 1 N–H and O–H groups in total. The number of hydrogen-bond acceptors (Lipinski definition) is 4. The van der Waals surface area contributed by atoms with E-state index >= 15 is 0 Å². The maximum atomic E-state index is 12.7. The van der Waals surface area contributed by atoms with E-state index in [0.717, 1.165) is 50.2 Å². The average molecular weight is 366 g/mol. The van der Waals surface area contributed by atoms with Crippen LogP contribution in [0.2, 0.25) is 0 Å². The summed E-state index contributed by atoms with van der Waals surface area (Å²) in [7, 11) is 0. The van der Waals surface area contributed by atoms with E-state index in [2.05, 4.69) is 15.0 Å². The first-order valence-electron chi connectivity index (χ1n) is 10.0. The molecule has 2 aliphatic rings. The topological polar surface area (TPSA) is 79.0 Å². The van der Waals surface area contributed by atoms with Crippen molar-refractivity contribution < 1.29 is 4.79 Å². The van der Waals surface area contributed by atoms with Crippen LogP contribution in [0.3, 0.4) is 0 Å². The summed E-state index contributed by atoms with van der Waals surface area (Å²) in [5, 5.41) is 0. The lowest BCUT2D eigenvalue weighted by atomic mass is 9.87. The highest BCUT2D eigenvalue weighted by molar-refractivity contribution is 5.79. The largest absolute Gasteiger partial charge is 0.342 e. The van der Waals surface area contributed by atoms with Crippen molar-refractivity contribution in [3.63, 3.8) is 0 Å². The molecule has 1 saturated heterocycles. The van der Waals surface area contributed by atoms with E-state index < -0.39 is 0 Å². The van der Waals surface area contributed by atoms with Crippen molar-refractivity contribution in [2.75, 3.05) is 13.1 Å². The van der Waals surface area contributed by atoms with Crippen LogP contribution in [0.5, 0.6) is 0 Å². The van der Waals surface area contributed by atoms with E-state index in [1.165, 1.54) is 25.3 Å². The highest BCUT2D eigenvalue weighted by Gasteiger charge is 2.30. The minimum atomic E-state index is -0.139. The zero-order valence-electron chi connectivity index (χ0n) is 15.6.